The lowest BCUT2D eigenvalue weighted by molar-refractivity contribution is -0.142. The maximum atomic E-state index is 13.6. The van der Waals surface area contributed by atoms with Crippen molar-refractivity contribution in [3.8, 4) is 0 Å². The first-order valence-corrected chi connectivity index (χ1v) is 21.2. The molecule has 10 N–H and O–H groups in total. The predicted molar refractivity (Wildman–Crippen MR) is 224 cm³/mol. The molecule has 0 saturated carbocycles. The number of nitrogens with one attached hydrogen (secondary N) is 6. The topological polar surface area (TPSA) is 391 Å². The van der Waals surface area contributed by atoms with Gasteiger partial charge in [0.05, 0.1) is 84.5 Å². The number of aliphatic carboxylic acids is 4. The Balaban J connectivity index is 2.81. The van der Waals surface area contributed by atoms with Gasteiger partial charge in [-0.3, -0.25) is 52.3 Å². The van der Waals surface area contributed by atoms with Crippen molar-refractivity contribution in [2.45, 2.75) is 102 Å². The molecule has 0 fully saturated rings. The maximum Gasteiger partial charge on any atom is 0.305 e. The average Bonchev–Trinajstić information content (AvgIpc) is 3.69. The number of nitrogens with zero attached hydrogens (tertiary/aromatic N) is 3. The normalized spacial score (nSPS) is 13.3. The summed E-state index contributed by atoms with van der Waals surface area (Å²) >= 11 is 0. The van der Waals surface area contributed by atoms with Crippen LogP contribution in [0.25, 0.3) is 0 Å². The predicted octanol–water partition coefficient (Wildman–Crippen LogP) is -3.25. The van der Waals surface area contributed by atoms with Crippen molar-refractivity contribution in [3.05, 3.63) is 11.9 Å². The third kappa shape index (κ3) is 27.0. The molecule has 1 aromatic rings. The van der Waals surface area contributed by atoms with E-state index in [0.29, 0.717) is 5.69 Å². The molecule has 0 aromatic carbocycles. The van der Waals surface area contributed by atoms with Crippen LogP contribution in [-0.2, 0) is 79.9 Å². The first-order chi connectivity index (χ1) is 31.7. The van der Waals surface area contributed by atoms with Crippen LogP contribution in [-0.4, -0.2) is 191 Å². The van der Waals surface area contributed by atoms with Crippen LogP contribution in [0.1, 0.15) is 65.0 Å². The van der Waals surface area contributed by atoms with Crippen LogP contribution in [0.5, 0.6) is 0 Å². The van der Waals surface area contributed by atoms with Crippen molar-refractivity contribution in [2.75, 3.05) is 66.1 Å². The van der Waals surface area contributed by atoms with Crippen LogP contribution < -0.4 is 31.9 Å². The van der Waals surface area contributed by atoms with Crippen molar-refractivity contribution in [2.24, 2.45) is 5.92 Å². The van der Waals surface area contributed by atoms with Crippen LogP contribution in [0.4, 0.5) is 4.39 Å². The SMILES string of the molecule is CC(C)[C@H](NC(=O)C(CCC(=O)O)NC(=O)[C@H](CC(=O)O)NC(=O)Cn1cc(CCCF)nn1)C(=O)NC(CC(=O)O)C(=O)N[C@H](C)C(=O)NCCOCCOCCOCCOCCC(=O)O. The zero-order valence-corrected chi connectivity index (χ0v) is 37.5. The molecular formula is C39H62FN9O18. The van der Waals surface area contributed by atoms with Gasteiger partial charge in [0.1, 0.15) is 36.8 Å². The standard InChI is InChI=1S/C39H62FN9O18/c1-23(2)34(46-36(60)26(6-7-30(51)52)44-38(62)27(19-32(55)56)43-29(50)22-49-21-25(47-48-49)5-4-9-40)39(63)45-28(20-33(57)58)37(61)42-24(3)35(59)41-10-12-65-14-16-67-18-17-66-15-13-64-11-8-31(53)54/h21,23-24,26-28,34H,4-20,22H2,1-3H3,(H,41,59)(H,42,61)(H,43,50)(H,44,62)(H,45,63)(H,46,60)(H,51,52)(H,53,54)(H,55,56)(H,57,58)/t24-,26?,27+,28?,34+/m1/s1. The molecule has 0 bridgehead atoms. The number of carboxylic acids is 4. The van der Waals surface area contributed by atoms with Gasteiger partial charge in [-0.25, -0.2) is 4.68 Å². The number of carbonyl (C=O) groups excluding carboxylic acids is 6. The molecule has 0 radical (unpaired) electrons. The van der Waals surface area contributed by atoms with E-state index in [0.717, 1.165) is 4.68 Å². The second-order valence-corrected chi connectivity index (χ2v) is 14.9. The summed E-state index contributed by atoms with van der Waals surface area (Å²) in [5.74, 6) is -12.2. The second kappa shape index (κ2) is 33.1. The molecule has 1 heterocycles. The van der Waals surface area contributed by atoms with E-state index in [-0.39, 0.29) is 78.7 Å². The van der Waals surface area contributed by atoms with Gasteiger partial charge in [0, 0.05) is 19.2 Å². The zero-order valence-electron chi connectivity index (χ0n) is 37.5. The number of ether oxygens (including phenoxy) is 4. The summed E-state index contributed by atoms with van der Waals surface area (Å²) in [7, 11) is 0. The van der Waals surface area contributed by atoms with Gasteiger partial charge in [-0.2, -0.15) is 0 Å². The van der Waals surface area contributed by atoms with Gasteiger partial charge in [0.15, 0.2) is 0 Å². The molecule has 378 valence electrons. The highest BCUT2D eigenvalue weighted by atomic mass is 19.1. The molecule has 1 rings (SSSR count). The second-order valence-electron chi connectivity index (χ2n) is 14.9. The number of rotatable bonds is 38. The van der Waals surface area contributed by atoms with Gasteiger partial charge in [0.25, 0.3) is 0 Å². The molecular weight excluding hydrogens is 901 g/mol. The van der Waals surface area contributed by atoms with E-state index in [1.54, 1.807) is 0 Å². The molecule has 0 spiro atoms. The molecule has 1 aromatic heterocycles. The lowest BCUT2D eigenvalue weighted by Gasteiger charge is -2.28. The van der Waals surface area contributed by atoms with Crippen LogP contribution in [0.2, 0.25) is 0 Å². The number of halogens is 1. The number of aryl methyl sites for hydroxylation is 1. The third-order valence-corrected chi connectivity index (χ3v) is 8.90. The number of amides is 6. The van der Waals surface area contributed by atoms with Gasteiger partial charge in [-0.15, -0.1) is 5.10 Å². The first-order valence-electron chi connectivity index (χ1n) is 21.2. The van der Waals surface area contributed by atoms with Crippen molar-refractivity contribution in [3.63, 3.8) is 0 Å². The number of carboxylic acid groups (broad SMARTS) is 4. The fourth-order valence-electron chi connectivity index (χ4n) is 5.49. The lowest BCUT2D eigenvalue weighted by Crippen LogP contribution is -2.60. The Kier molecular flexibility index (Phi) is 29.0. The van der Waals surface area contributed by atoms with Crippen LogP contribution in [0.3, 0.4) is 0 Å². The quantitative estimate of drug-likeness (QED) is 0.0291. The summed E-state index contributed by atoms with van der Waals surface area (Å²) in [6, 6.07) is -8.05. The summed E-state index contributed by atoms with van der Waals surface area (Å²) < 4.78 is 34.7. The molecule has 5 atom stereocenters. The highest BCUT2D eigenvalue weighted by Crippen LogP contribution is 2.08. The van der Waals surface area contributed by atoms with Gasteiger partial charge in [0.2, 0.25) is 35.4 Å². The van der Waals surface area contributed by atoms with E-state index in [2.05, 4.69) is 42.2 Å². The Labute approximate surface area is 383 Å². The summed E-state index contributed by atoms with van der Waals surface area (Å²) in [6.45, 7) is 4.71. The summed E-state index contributed by atoms with van der Waals surface area (Å²) in [5.41, 5.74) is 0.373. The minimum atomic E-state index is -1.79. The Hall–Kier alpha value is -6.39. The smallest absolute Gasteiger partial charge is 0.305 e. The van der Waals surface area contributed by atoms with E-state index in [1.165, 1.54) is 27.0 Å². The third-order valence-electron chi connectivity index (χ3n) is 8.90. The van der Waals surface area contributed by atoms with Gasteiger partial charge in [-0.05, 0) is 32.1 Å². The van der Waals surface area contributed by atoms with Crippen LogP contribution in [0.15, 0.2) is 6.20 Å². The maximum absolute atomic E-state index is 13.6. The first kappa shape index (κ1) is 58.6. The van der Waals surface area contributed by atoms with Gasteiger partial charge < -0.3 is 71.3 Å². The number of hydrogen-bond acceptors (Lipinski definition) is 16. The number of aromatic nitrogens is 3. The van der Waals surface area contributed by atoms with Crippen molar-refractivity contribution >= 4 is 59.3 Å². The molecule has 0 aliphatic carbocycles. The number of carbonyl (C=O) groups is 10. The lowest BCUT2D eigenvalue weighted by atomic mass is 10.0. The molecule has 0 aliphatic heterocycles. The Morgan fingerprint density at radius 1 is 0.612 bits per heavy atom. The Morgan fingerprint density at radius 3 is 1.66 bits per heavy atom. The van der Waals surface area contributed by atoms with Crippen molar-refractivity contribution < 1.29 is 91.7 Å². The molecule has 0 aliphatic rings. The van der Waals surface area contributed by atoms with E-state index in [1.807, 2.05) is 0 Å². The summed E-state index contributed by atoms with van der Waals surface area (Å²) in [6.07, 6.45) is -1.57. The van der Waals surface area contributed by atoms with Crippen LogP contribution in [0, 0.1) is 5.92 Å². The zero-order chi connectivity index (χ0) is 50.3. The van der Waals surface area contributed by atoms with E-state index >= 15 is 0 Å². The fourth-order valence-corrected chi connectivity index (χ4v) is 5.49. The Morgan fingerprint density at radius 2 is 1.12 bits per heavy atom. The van der Waals surface area contributed by atoms with E-state index in [4.69, 9.17) is 24.1 Å². The largest absolute Gasteiger partial charge is 0.481 e. The molecule has 0 saturated heterocycles. The molecule has 67 heavy (non-hydrogen) atoms. The molecule has 6 amide bonds. The Bertz CT molecular complexity index is 1780. The van der Waals surface area contributed by atoms with Crippen molar-refractivity contribution in [1.29, 1.82) is 0 Å². The minimum absolute atomic E-state index is 0.0207. The fraction of sp³-hybridized carbons (Fsp3) is 0.692. The van der Waals surface area contributed by atoms with Crippen LogP contribution >= 0.6 is 0 Å². The van der Waals surface area contributed by atoms with Gasteiger partial charge in [-0.1, -0.05) is 19.1 Å². The van der Waals surface area contributed by atoms with E-state index < -0.39 is 134 Å². The summed E-state index contributed by atoms with van der Waals surface area (Å²) in [4.78, 5) is 124. The monoisotopic (exact) mass is 963 g/mol. The highest BCUT2D eigenvalue weighted by molar-refractivity contribution is 5.98. The van der Waals surface area contributed by atoms with E-state index in [9.17, 15) is 67.7 Å². The molecule has 28 heteroatoms. The minimum Gasteiger partial charge on any atom is -0.481 e. The highest BCUT2D eigenvalue weighted by Gasteiger charge is 2.34. The van der Waals surface area contributed by atoms with Gasteiger partial charge >= 0.3 is 23.9 Å². The molecule has 27 nitrogen and oxygen atoms in total. The van der Waals surface area contributed by atoms with Crippen molar-refractivity contribution in [1.82, 2.24) is 46.9 Å². The summed E-state index contributed by atoms with van der Waals surface area (Å²) in [5, 5.41) is 58.2. The molecule has 2 unspecified atom stereocenters. The number of alkyl halides is 1. The number of hydrogen-bond donors (Lipinski definition) is 10. The average molecular weight is 964 g/mol.